The number of hydrogen-bond donors (Lipinski definition) is 2. The normalized spacial score (nSPS) is 10.2. The average Bonchev–Trinajstić information content (AvgIpc) is 2.79. The lowest BCUT2D eigenvalue weighted by Gasteiger charge is -2.10. The summed E-state index contributed by atoms with van der Waals surface area (Å²) >= 11 is 0. The molecule has 0 atom stereocenters. The van der Waals surface area contributed by atoms with Gasteiger partial charge in [0.05, 0.1) is 6.26 Å². The summed E-state index contributed by atoms with van der Waals surface area (Å²) in [6, 6.07) is 6.99. The highest BCUT2D eigenvalue weighted by molar-refractivity contribution is 6.02. The highest BCUT2D eigenvalue weighted by Crippen LogP contribution is 2.22. The fourth-order valence-corrected chi connectivity index (χ4v) is 1.56. The van der Waals surface area contributed by atoms with E-state index in [4.69, 9.17) is 10.2 Å². The smallest absolute Gasteiger partial charge is 0.291 e. The van der Waals surface area contributed by atoms with Gasteiger partial charge < -0.3 is 15.5 Å². The summed E-state index contributed by atoms with van der Waals surface area (Å²) in [5.74, 6) is 0.0288. The first kappa shape index (κ1) is 11.3. The fraction of sp³-hybridized carbons (Fsp3) is 0.154. The van der Waals surface area contributed by atoms with Gasteiger partial charge in [-0.25, -0.2) is 0 Å². The minimum absolute atomic E-state index is 0.262. The summed E-state index contributed by atoms with van der Waals surface area (Å²) < 4.78 is 5.02. The van der Waals surface area contributed by atoms with Gasteiger partial charge in [0, 0.05) is 11.4 Å². The third-order valence-electron chi connectivity index (χ3n) is 2.61. The predicted molar refractivity (Wildman–Crippen MR) is 67.0 cm³/mol. The zero-order valence-corrected chi connectivity index (χ0v) is 9.78. The van der Waals surface area contributed by atoms with Crippen molar-refractivity contribution in [3.63, 3.8) is 0 Å². The van der Waals surface area contributed by atoms with Crippen LogP contribution in [0.2, 0.25) is 0 Å². The van der Waals surface area contributed by atoms with Gasteiger partial charge in [-0.3, -0.25) is 4.79 Å². The Morgan fingerprint density at radius 2 is 2.06 bits per heavy atom. The number of furan rings is 1. The van der Waals surface area contributed by atoms with Gasteiger partial charge in [0.2, 0.25) is 0 Å². The van der Waals surface area contributed by atoms with Gasteiger partial charge in [0.25, 0.3) is 5.91 Å². The zero-order chi connectivity index (χ0) is 12.4. The number of carbonyl (C=O) groups excluding carboxylic acids is 1. The Labute approximate surface area is 99.4 Å². The van der Waals surface area contributed by atoms with Gasteiger partial charge in [-0.05, 0) is 49.2 Å². The van der Waals surface area contributed by atoms with Gasteiger partial charge >= 0.3 is 0 Å². The van der Waals surface area contributed by atoms with Crippen LogP contribution in [0.1, 0.15) is 21.7 Å². The molecule has 88 valence electrons. The van der Waals surface area contributed by atoms with Crippen LogP contribution >= 0.6 is 0 Å². The molecular formula is C13H14N2O2. The summed E-state index contributed by atoms with van der Waals surface area (Å²) in [4.78, 5) is 11.8. The van der Waals surface area contributed by atoms with E-state index in [2.05, 4.69) is 5.32 Å². The number of anilines is 2. The van der Waals surface area contributed by atoms with Crippen molar-refractivity contribution >= 4 is 17.3 Å². The number of nitrogens with one attached hydrogen (secondary N) is 1. The molecule has 3 N–H and O–H groups in total. The first-order chi connectivity index (χ1) is 8.08. The van der Waals surface area contributed by atoms with Crippen LogP contribution < -0.4 is 11.1 Å². The SMILES string of the molecule is Cc1cc(NC(=O)c2ccco2)c(C)cc1N. The summed E-state index contributed by atoms with van der Waals surface area (Å²) in [6.45, 7) is 3.80. The third kappa shape index (κ3) is 2.30. The molecule has 0 radical (unpaired) electrons. The number of hydrogen-bond acceptors (Lipinski definition) is 3. The van der Waals surface area contributed by atoms with E-state index in [9.17, 15) is 4.79 Å². The molecule has 2 rings (SSSR count). The third-order valence-corrected chi connectivity index (χ3v) is 2.61. The molecule has 1 amide bonds. The van der Waals surface area contributed by atoms with Crippen LogP contribution in [-0.4, -0.2) is 5.91 Å². The second-order valence-corrected chi connectivity index (χ2v) is 3.96. The Bertz CT molecular complexity index is 545. The van der Waals surface area contributed by atoms with Crippen molar-refractivity contribution < 1.29 is 9.21 Å². The summed E-state index contributed by atoms with van der Waals surface area (Å²) in [5.41, 5.74) is 9.11. The highest BCUT2D eigenvalue weighted by atomic mass is 16.3. The van der Waals surface area contributed by atoms with Crippen LogP contribution in [0.3, 0.4) is 0 Å². The Morgan fingerprint density at radius 1 is 1.29 bits per heavy atom. The lowest BCUT2D eigenvalue weighted by molar-refractivity contribution is 0.0996. The summed E-state index contributed by atoms with van der Waals surface area (Å²) in [7, 11) is 0. The van der Waals surface area contributed by atoms with E-state index in [0.29, 0.717) is 5.76 Å². The Morgan fingerprint density at radius 3 is 2.71 bits per heavy atom. The van der Waals surface area contributed by atoms with Crippen molar-refractivity contribution in [1.29, 1.82) is 0 Å². The lowest BCUT2D eigenvalue weighted by atomic mass is 10.1. The van der Waals surface area contributed by atoms with Crippen molar-refractivity contribution in [3.05, 3.63) is 47.4 Å². The van der Waals surface area contributed by atoms with Crippen molar-refractivity contribution in [3.8, 4) is 0 Å². The number of benzene rings is 1. The summed E-state index contributed by atoms with van der Waals surface area (Å²) in [6.07, 6.45) is 1.47. The number of aryl methyl sites for hydroxylation is 2. The van der Waals surface area contributed by atoms with Crippen LogP contribution in [0.5, 0.6) is 0 Å². The van der Waals surface area contributed by atoms with Crippen molar-refractivity contribution in [1.82, 2.24) is 0 Å². The number of carbonyl (C=O) groups is 1. The maximum Gasteiger partial charge on any atom is 0.291 e. The van der Waals surface area contributed by atoms with Crippen molar-refractivity contribution in [2.24, 2.45) is 0 Å². The maximum absolute atomic E-state index is 11.8. The molecule has 0 aliphatic heterocycles. The monoisotopic (exact) mass is 230 g/mol. The van der Waals surface area contributed by atoms with Crippen LogP contribution in [0.4, 0.5) is 11.4 Å². The molecule has 0 fully saturated rings. The second-order valence-electron chi connectivity index (χ2n) is 3.96. The van der Waals surface area contributed by atoms with Crippen molar-refractivity contribution in [2.45, 2.75) is 13.8 Å². The quantitative estimate of drug-likeness (QED) is 0.779. The molecule has 4 heteroatoms. The van der Waals surface area contributed by atoms with E-state index in [1.165, 1.54) is 6.26 Å². The van der Waals surface area contributed by atoms with Crippen LogP contribution in [0, 0.1) is 13.8 Å². The molecule has 0 bridgehead atoms. The van der Waals surface area contributed by atoms with E-state index in [0.717, 1.165) is 22.5 Å². The molecule has 0 spiro atoms. The fourth-order valence-electron chi connectivity index (χ4n) is 1.56. The molecule has 0 unspecified atom stereocenters. The van der Waals surface area contributed by atoms with Crippen molar-refractivity contribution in [2.75, 3.05) is 11.1 Å². The van der Waals surface area contributed by atoms with E-state index >= 15 is 0 Å². The van der Waals surface area contributed by atoms with E-state index < -0.39 is 0 Å². The Balaban J connectivity index is 2.25. The van der Waals surface area contributed by atoms with Gasteiger partial charge in [0.1, 0.15) is 0 Å². The van der Waals surface area contributed by atoms with Gasteiger partial charge in [-0.2, -0.15) is 0 Å². The van der Waals surface area contributed by atoms with Gasteiger partial charge in [-0.1, -0.05) is 0 Å². The molecule has 17 heavy (non-hydrogen) atoms. The maximum atomic E-state index is 11.8. The molecular weight excluding hydrogens is 216 g/mol. The number of nitrogen functional groups attached to an aromatic ring is 1. The van der Waals surface area contributed by atoms with E-state index in [-0.39, 0.29) is 5.91 Å². The highest BCUT2D eigenvalue weighted by Gasteiger charge is 2.10. The predicted octanol–water partition coefficient (Wildman–Crippen LogP) is 2.73. The molecule has 2 aromatic rings. The molecule has 1 aromatic heterocycles. The van der Waals surface area contributed by atoms with Gasteiger partial charge in [0.15, 0.2) is 5.76 Å². The van der Waals surface area contributed by atoms with Gasteiger partial charge in [-0.15, -0.1) is 0 Å². The number of rotatable bonds is 2. The first-order valence-corrected chi connectivity index (χ1v) is 5.29. The zero-order valence-electron chi connectivity index (χ0n) is 9.78. The first-order valence-electron chi connectivity index (χ1n) is 5.29. The number of amides is 1. The molecule has 1 heterocycles. The lowest BCUT2D eigenvalue weighted by Crippen LogP contribution is -2.12. The average molecular weight is 230 g/mol. The Kier molecular flexibility index (Phi) is 2.87. The standard InChI is InChI=1S/C13H14N2O2/c1-8-7-11(9(2)6-10(8)14)15-13(16)12-4-3-5-17-12/h3-7H,14H2,1-2H3,(H,15,16). The Hall–Kier alpha value is -2.23. The second kappa shape index (κ2) is 4.33. The molecule has 4 nitrogen and oxygen atoms in total. The van der Waals surface area contributed by atoms with E-state index in [1.54, 1.807) is 12.1 Å². The molecule has 0 aliphatic carbocycles. The van der Waals surface area contributed by atoms with Crippen LogP contribution in [-0.2, 0) is 0 Å². The topological polar surface area (TPSA) is 68.3 Å². The minimum Gasteiger partial charge on any atom is -0.459 e. The van der Waals surface area contributed by atoms with Crippen LogP contribution in [0.15, 0.2) is 34.9 Å². The molecule has 0 saturated carbocycles. The van der Waals surface area contributed by atoms with Crippen LogP contribution in [0.25, 0.3) is 0 Å². The van der Waals surface area contributed by atoms with E-state index in [1.807, 2.05) is 26.0 Å². The molecule has 0 saturated heterocycles. The summed E-state index contributed by atoms with van der Waals surface area (Å²) in [5, 5.41) is 2.79. The molecule has 1 aromatic carbocycles. The molecule has 0 aliphatic rings. The minimum atomic E-state index is -0.262. The largest absolute Gasteiger partial charge is 0.459 e. The number of nitrogens with two attached hydrogens (primary N) is 1.